The van der Waals surface area contributed by atoms with Crippen LogP contribution in [0.25, 0.3) is 0 Å². The van der Waals surface area contributed by atoms with Gasteiger partial charge in [-0.15, -0.1) is 0 Å². The molecule has 0 atom stereocenters. The van der Waals surface area contributed by atoms with Gasteiger partial charge in [-0.1, -0.05) is 35.4 Å². The summed E-state index contributed by atoms with van der Waals surface area (Å²) in [5.74, 6) is -2.42. The third-order valence-corrected chi connectivity index (χ3v) is 3.36. The third-order valence-electron chi connectivity index (χ3n) is 3.36. The first-order chi connectivity index (χ1) is 10.3. The number of allylic oxidation sites excluding steroid dienone is 4. The molecule has 2 N–H and O–H groups in total. The summed E-state index contributed by atoms with van der Waals surface area (Å²) in [5, 5.41) is 18.4. The maximum Gasteiger partial charge on any atom is 0.336 e. The van der Waals surface area contributed by atoms with Crippen LogP contribution < -0.4 is 0 Å². The summed E-state index contributed by atoms with van der Waals surface area (Å²) in [6, 6.07) is 4.56. The molecule has 0 bridgehead atoms. The molecular formula is C18H22O4. The van der Waals surface area contributed by atoms with E-state index in [1.807, 2.05) is 13.0 Å². The Balaban J connectivity index is 2.94. The first-order valence-corrected chi connectivity index (χ1v) is 7.20. The van der Waals surface area contributed by atoms with Crippen molar-refractivity contribution in [3.05, 3.63) is 58.2 Å². The minimum Gasteiger partial charge on any atom is -0.478 e. The lowest BCUT2D eigenvalue weighted by atomic mass is 9.97. The second kappa shape index (κ2) is 8.17. The van der Waals surface area contributed by atoms with Crippen molar-refractivity contribution in [3.8, 4) is 0 Å². The lowest BCUT2D eigenvalue weighted by molar-refractivity contribution is 0.0650. The van der Waals surface area contributed by atoms with E-state index in [2.05, 4.69) is 19.9 Å². The van der Waals surface area contributed by atoms with E-state index in [4.69, 9.17) is 5.11 Å². The molecule has 4 heteroatoms. The summed E-state index contributed by atoms with van der Waals surface area (Å²) < 4.78 is 0. The van der Waals surface area contributed by atoms with E-state index < -0.39 is 11.9 Å². The predicted molar refractivity (Wildman–Crippen MR) is 86.5 cm³/mol. The molecule has 0 aliphatic heterocycles. The van der Waals surface area contributed by atoms with Crippen molar-refractivity contribution in [1.82, 2.24) is 0 Å². The summed E-state index contributed by atoms with van der Waals surface area (Å²) in [6.07, 6.45) is 6.40. The highest BCUT2D eigenvalue weighted by atomic mass is 16.4. The highest BCUT2D eigenvalue weighted by molar-refractivity contribution is 6.02. The molecule has 1 aromatic rings. The first kappa shape index (κ1) is 17.7. The summed E-state index contributed by atoms with van der Waals surface area (Å²) in [6.45, 7) is 6.10. The molecule has 22 heavy (non-hydrogen) atoms. The van der Waals surface area contributed by atoms with E-state index in [-0.39, 0.29) is 11.1 Å². The van der Waals surface area contributed by atoms with E-state index >= 15 is 0 Å². The van der Waals surface area contributed by atoms with Crippen LogP contribution in [-0.2, 0) is 6.42 Å². The SMILES string of the molecule is CC(C)=CCC/C(C)=C/Cc1cccc(C(=O)O)c1C(=O)O. The van der Waals surface area contributed by atoms with Gasteiger partial charge in [-0.2, -0.15) is 0 Å². The number of benzene rings is 1. The van der Waals surface area contributed by atoms with Gasteiger partial charge >= 0.3 is 11.9 Å². The highest BCUT2D eigenvalue weighted by Gasteiger charge is 2.18. The van der Waals surface area contributed by atoms with Crippen molar-refractivity contribution >= 4 is 11.9 Å². The van der Waals surface area contributed by atoms with Crippen LogP contribution in [0, 0.1) is 0 Å². The number of hydrogen-bond acceptors (Lipinski definition) is 2. The van der Waals surface area contributed by atoms with Crippen molar-refractivity contribution in [1.29, 1.82) is 0 Å². The van der Waals surface area contributed by atoms with Gasteiger partial charge in [0, 0.05) is 0 Å². The lowest BCUT2D eigenvalue weighted by Crippen LogP contribution is -2.11. The number of aromatic carboxylic acids is 2. The fourth-order valence-electron chi connectivity index (χ4n) is 2.18. The maximum atomic E-state index is 11.3. The molecular weight excluding hydrogens is 280 g/mol. The van der Waals surface area contributed by atoms with Gasteiger partial charge in [0.15, 0.2) is 0 Å². The topological polar surface area (TPSA) is 74.6 Å². The quantitative estimate of drug-likeness (QED) is 0.736. The Morgan fingerprint density at radius 3 is 2.27 bits per heavy atom. The molecule has 0 saturated heterocycles. The minimum absolute atomic E-state index is 0.122. The summed E-state index contributed by atoms with van der Waals surface area (Å²) >= 11 is 0. The van der Waals surface area contributed by atoms with Crippen molar-refractivity contribution in [2.45, 2.75) is 40.0 Å². The Bertz CT molecular complexity index is 620. The smallest absolute Gasteiger partial charge is 0.336 e. The Labute approximate surface area is 130 Å². The van der Waals surface area contributed by atoms with Gasteiger partial charge in [-0.05, 0) is 51.7 Å². The van der Waals surface area contributed by atoms with Gasteiger partial charge in [-0.3, -0.25) is 0 Å². The second-order valence-electron chi connectivity index (χ2n) is 5.52. The maximum absolute atomic E-state index is 11.3. The second-order valence-corrected chi connectivity index (χ2v) is 5.52. The number of carboxylic acid groups (broad SMARTS) is 2. The van der Waals surface area contributed by atoms with Crippen LogP contribution in [0.3, 0.4) is 0 Å². The van der Waals surface area contributed by atoms with E-state index in [1.165, 1.54) is 11.6 Å². The number of rotatable bonds is 7. The first-order valence-electron chi connectivity index (χ1n) is 7.20. The van der Waals surface area contributed by atoms with E-state index in [0.29, 0.717) is 12.0 Å². The monoisotopic (exact) mass is 302 g/mol. The molecule has 0 saturated carbocycles. The molecule has 1 rings (SSSR count). The minimum atomic E-state index is -1.22. The summed E-state index contributed by atoms with van der Waals surface area (Å²) in [4.78, 5) is 22.5. The van der Waals surface area contributed by atoms with Crippen molar-refractivity contribution in [3.63, 3.8) is 0 Å². The van der Waals surface area contributed by atoms with Crippen molar-refractivity contribution in [2.75, 3.05) is 0 Å². The molecule has 1 aromatic carbocycles. The highest BCUT2D eigenvalue weighted by Crippen LogP contribution is 2.18. The fraction of sp³-hybridized carbons (Fsp3) is 0.333. The van der Waals surface area contributed by atoms with Crippen LogP contribution in [0.1, 0.15) is 59.9 Å². The summed E-state index contributed by atoms with van der Waals surface area (Å²) in [7, 11) is 0. The van der Waals surface area contributed by atoms with Gasteiger partial charge in [-0.25, -0.2) is 9.59 Å². The van der Waals surface area contributed by atoms with Gasteiger partial charge in [0.25, 0.3) is 0 Å². The number of hydrogen-bond donors (Lipinski definition) is 2. The predicted octanol–water partition coefficient (Wildman–Crippen LogP) is 4.32. The average molecular weight is 302 g/mol. The van der Waals surface area contributed by atoms with E-state index in [1.54, 1.807) is 12.1 Å². The molecule has 0 fully saturated rings. The van der Waals surface area contributed by atoms with Gasteiger partial charge in [0.05, 0.1) is 11.1 Å². The molecule has 0 radical (unpaired) electrons. The molecule has 0 aliphatic carbocycles. The molecule has 0 aliphatic rings. The zero-order valence-corrected chi connectivity index (χ0v) is 13.2. The number of carbonyl (C=O) groups is 2. The third kappa shape index (κ3) is 5.20. The molecule has 0 unspecified atom stereocenters. The zero-order chi connectivity index (χ0) is 16.7. The average Bonchev–Trinajstić information content (AvgIpc) is 2.43. The Morgan fingerprint density at radius 1 is 1.05 bits per heavy atom. The Morgan fingerprint density at radius 2 is 1.73 bits per heavy atom. The number of carboxylic acids is 2. The van der Waals surface area contributed by atoms with Gasteiger partial charge < -0.3 is 10.2 Å². The largest absolute Gasteiger partial charge is 0.478 e. The van der Waals surface area contributed by atoms with E-state index in [9.17, 15) is 14.7 Å². The van der Waals surface area contributed by atoms with Crippen LogP contribution in [0.2, 0.25) is 0 Å². The molecule has 0 heterocycles. The van der Waals surface area contributed by atoms with Crippen molar-refractivity contribution in [2.24, 2.45) is 0 Å². The molecule has 0 aromatic heterocycles. The van der Waals surface area contributed by atoms with Crippen LogP contribution in [-0.4, -0.2) is 22.2 Å². The van der Waals surface area contributed by atoms with Gasteiger partial charge in [0.1, 0.15) is 0 Å². The van der Waals surface area contributed by atoms with Crippen LogP contribution in [0.4, 0.5) is 0 Å². The molecule has 0 spiro atoms. The normalized spacial score (nSPS) is 11.1. The molecule has 118 valence electrons. The lowest BCUT2D eigenvalue weighted by Gasteiger charge is -2.08. The van der Waals surface area contributed by atoms with Gasteiger partial charge in [0.2, 0.25) is 0 Å². The Hall–Kier alpha value is -2.36. The Kier molecular flexibility index (Phi) is 6.57. The zero-order valence-electron chi connectivity index (χ0n) is 13.2. The van der Waals surface area contributed by atoms with Crippen LogP contribution >= 0.6 is 0 Å². The molecule has 0 amide bonds. The molecule has 4 nitrogen and oxygen atoms in total. The van der Waals surface area contributed by atoms with Crippen LogP contribution in [0.5, 0.6) is 0 Å². The van der Waals surface area contributed by atoms with Crippen molar-refractivity contribution < 1.29 is 19.8 Å². The van der Waals surface area contributed by atoms with E-state index in [0.717, 1.165) is 18.4 Å². The van der Waals surface area contributed by atoms with Crippen LogP contribution in [0.15, 0.2) is 41.5 Å². The standard InChI is InChI=1S/C18H22O4/c1-12(2)6-4-7-13(3)10-11-14-8-5-9-15(17(19)20)16(14)18(21)22/h5-6,8-10H,4,7,11H2,1-3H3,(H,19,20)(H,21,22)/b13-10+. The fourth-order valence-corrected chi connectivity index (χ4v) is 2.18. The summed E-state index contributed by atoms with van der Waals surface area (Å²) in [5.41, 5.74) is 2.67.